The number of benzene rings is 1. The Balaban J connectivity index is 1.63. The maximum atomic E-state index is 12.7. The van der Waals surface area contributed by atoms with Gasteiger partial charge in [-0.25, -0.2) is 14.8 Å². The van der Waals surface area contributed by atoms with Gasteiger partial charge in [-0.3, -0.25) is 19.0 Å². The van der Waals surface area contributed by atoms with Gasteiger partial charge in [0.05, 0.1) is 12.2 Å². The van der Waals surface area contributed by atoms with E-state index >= 15 is 0 Å². The van der Waals surface area contributed by atoms with Gasteiger partial charge in [0.1, 0.15) is 6.04 Å². The largest absolute Gasteiger partial charge is 0.332 e. The van der Waals surface area contributed by atoms with Gasteiger partial charge >= 0.3 is 6.03 Å². The molecular formula is C17H15N5O2. The van der Waals surface area contributed by atoms with E-state index in [9.17, 15) is 9.59 Å². The average Bonchev–Trinajstić information content (AvgIpc) is 3.10. The Morgan fingerprint density at radius 1 is 1.12 bits per heavy atom. The van der Waals surface area contributed by atoms with Crippen LogP contribution in [0, 0.1) is 0 Å². The van der Waals surface area contributed by atoms with Gasteiger partial charge < -0.3 is 0 Å². The van der Waals surface area contributed by atoms with Crippen LogP contribution in [0.1, 0.15) is 12.6 Å². The van der Waals surface area contributed by atoms with Gasteiger partial charge in [0.2, 0.25) is 5.78 Å². The maximum absolute atomic E-state index is 12.7. The van der Waals surface area contributed by atoms with E-state index in [0.29, 0.717) is 17.2 Å². The van der Waals surface area contributed by atoms with Gasteiger partial charge in [-0.1, -0.05) is 18.2 Å². The number of hydrogen-bond donors (Lipinski definition) is 0. The predicted octanol–water partition coefficient (Wildman–Crippen LogP) is 2.09. The van der Waals surface area contributed by atoms with E-state index in [1.54, 1.807) is 29.8 Å². The summed E-state index contributed by atoms with van der Waals surface area (Å²) < 4.78 is 1.76. The van der Waals surface area contributed by atoms with Crippen molar-refractivity contribution in [1.29, 1.82) is 0 Å². The highest BCUT2D eigenvalue weighted by Gasteiger charge is 2.43. The summed E-state index contributed by atoms with van der Waals surface area (Å²) in [6, 6.07) is 10.1. The van der Waals surface area contributed by atoms with Crippen molar-refractivity contribution >= 4 is 23.4 Å². The van der Waals surface area contributed by atoms with Crippen LogP contribution < -0.4 is 4.90 Å². The smallest absolute Gasteiger partial charge is 0.291 e. The first-order chi connectivity index (χ1) is 11.6. The molecule has 3 amide bonds. The van der Waals surface area contributed by atoms with Gasteiger partial charge in [-0.15, -0.1) is 0 Å². The number of fused-ring (bicyclic) bond motifs is 1. The molecule has 4 rings (SSSR count). The predicted molar refractivity (Wildman–Crippen MR) is 87.3 cm³/mol. The molecule has 1 aromatic carbocycles. The number of rotatable bonds is 3. The molecule has 0 radical (unpaired) electrons. The number of anilines is 1. The van der Waals surface area contributed by atoms with Crippen LogP contribution in [0.5, 0.6) is 0 Å². The molecule has 120 valence electrons. The minimum atomic E-state index is -0.532. The third-order valence-corrected chi connectivity index (χ3v) is 4.09. The van der Waals surface area contributed by atoms with Gasteiger partial charge in [0, 0.05) is 24.3 Å². The average molecular weight is 321 g/mol. The molecule has 3 heterocycles. The summed E-state index contributed by atoms with van der Waals surface area (Å²) in [5.74, 6) is 0.313. The van der Waals surface area contributed by atoms with Gasteiger partial charge in [0.15, 0.2) is 0 Å². The van der Waals surface area contributed by atoms with Crippen molar-refractivity contribution in [3.05, 3.63) is 60.7 Å². The van der Waals surface area contributed by atoms with E-state index in [0.717, 1.165) is 0 Å². The highest BCUT2D eigenvalue weighted by molar-refractivity contribution is 6.13. The third kappa shape index (κ3) is 2.21. The Bertz CT molecular complexity index is 888. The summed E-state index contributed by atoms with van der Waals surface area (Å²) in [4.78, 5) is 36.5. The standard InChI is InChI=1S/C17H15N5O2/c1-12-15(23)21(17(24)22(12)14-6-3-2-4-7-14)11-13-10-20-9-5-8-18-16(20)19-13/h2-10,12H,11H2,1H3/t12-/m0/s1. The van der Waals surface area contributed by atoms with Gasteiger partial charge in [-0.05, 0) is 25.1 Å². The van der Waals surface area contributed by atoms with Crippen molar-refractivity contribution in [2.24, 2.45) is 0 Å². The number of carbonyl (C=O) groups excluding carboxylic acids is 2. The Hall–Kier alpha value is -3.22. The number of hydrogen-bond acceptors (Lipinski definition) is 4. The minimum absolute atomic E-state index is 0.134. The van der Waals surface area contributed by atoms with Crippen LogP contribution in [0.3, 0.4) is 0 Å². The molecule has 1 aliphatic heterocycles. The summed E-state index contributed by atoms with van der Waals surface area (Å²) >= 11 is 0. The Morgan fingerprint density at radius 2 is 1.92 bits per heavy atom. The zero-order valence-corrected chi connectivity index (χ0v) is 13.0. The van der Waals surface area contributed by atoms with E-state index in [1.807, 2.05) is 36.5 Å². The molecule has 0 aliphatic carbocycles. The highest BCUT2D eigenvalue weighted by Crippen LogP contribution is 2.26. The zero-order valence-electron chi connectivity index (χ0n) is 13.0. The normalized spacial score (nSPS) is 18.0. The first-order valence-corrected chi connectivity index (χ1v) is 7.63. The molecule has 7 heteroatoms. The number of imide groups is 1. The second-order valence-electron chi connectivity index (χ2n) is 5.65. The van der Waals surface area contributed by atoms with Crippen molar-refractivity contribution in [3.63, 3.8) is 0 Å². The lowest BCUT2D eigenvalue weighted by molar-refractivity contribution is -0.127. The number of urea groups is 1. The van der Waals surface area contributed by atoms with Crippen LogP contribution in [0.15, 0.2) is 55.0 Å². The Labute approximate surface area is 138 Å². The molecule has 1 saturated heterocycles. The lowest BCUT2D eigenvalue weighted by Gasteiger charge is -2.19. The highest BCUT2D eigenvalue weighted by atomic mass is 16.2. The molecule has 2 aromatic heterocycles. The molecule has 0 N–H and O–H groups in total. The third-order valence-electron chi connectivity index (χ3n) is 4.09. The maximum Gasteiger partial charge on any atom is 0.332 e. The van der Waals surface area contributed by atoms with Crippen LogP contribution in [-0.2, 0) is 11.3 Å². The molecule has 7 nitrogen and oxygen atoms in total. The van der Waals surface area contributed by atoms with Crippen molar-refractivity contribution < 1.29 is 9.59 Å². The molecule has 1 fully saturated rings. The van der Waals surface area contributed by atoms with E-state index in [1.165, 1.54) is 9.80 Å². The first kappa shape index (κ1) is 14.4. The molecule has 3 aromatic rings. The van der Waals surface area contributed by atoms with Crippen molar-refractivity contribution in [1.82, 2.24) is 19.3 Å². The SMILES string of the molecule is C[C@H]1C(=O)N(Cc2cn3cccnc3n2)C(=O)N1c1ccccc1. The van der Waals surface area contributed by atoms with Crippen molar-refractivity contribution in [2.75, 3.05) is 4.90 Å². The molecule has 0 spiro atoms. The topological polar surface area (TPSA) is 70.8 Å². The van der Waals surface area contributed by atoms with E-state index < -0.39 is 6.04 Å². The molecule has 24 heavy (non-hydrogen) atoms. The number of carbonyl (C=O) groups is 2. The molecule has 0 saturated carbocycles. The molecular weight excluding hydrogens is 306 g/mol. The van der Waals surface area contributed by atoms with Crippen molar-refractivity contribution in [2.45, 2.75) is 19.5 Å². The second-order valence-corrected chi connectivity index (χ2v) is 5.65. The molecule has 1 atom stereocenters. The molecule has 1 aliphatic rings. The van der Waals surface area contributed by atoms with E-state index in [2.05, 4.69) is 9.97 Å². The fourth-order valence-electron chi connectivity index (χ4n) is 2.91. The Kier molecular flexibility index (Phi) is 3.26. The zero-order chi connectivity index (χ0) is 16.7. The van der Waals surface area contributed by atoms with Crippen LogP contribution in [0.2, 0.25) is 0 Å². The lowest BCUT2D eigenvalue weighted by atomic mass is 10.2. The van der Waals surface area contributed by atoms with E-state index in [4.69, 9.17) is 0 Å². The summed E-state index contributed by atoms with van der Waals surface area (Å²) in [6.45, 7) is 1.87. The second kappa shape index (κ2) is 5.45. The Morgan fingerprint density at radius 3 is 2.67 bits per heavy atom. The van der Waals surface area contributed by atoms with E-state index in [-0.39, 0.29) is 18.5 Å². The molecule has 0 bridgehead atoms. The summed E-state index contributed by atoms with van der Waals surface area (Å²) in [7, 11) is 0. The van der Waals surface area contributed by atoms with Crippen LogP contribution in [-0.4, -0.2) is 37.2 Å². The number of amides is 3. The van der Waals surface area contributed by atoms with Crippen LogP contribution in [0.4, 0.5) is 10.5 Å². The minimum Gasteiger partial charge on any atom is -0.291 e. The summed E-state index contributed by atoms with van der Waals surface area (Å²) in [6.07, 6.45) is 5.25. The van der Waals surface area contributed by atoms with Crippen molar-refractivity contribution in [3.8, 4) is 0 Å². The number of imidazole rings is 1. The number of aromatic nitrogens is 3. The quantitative estimate of drug-likeness (QED) is 0.693. The first-order valence-electron chi connectivity index (χ1n) is 7.63. The number of para-hydroxylation sites is 1. The van der Waals surface area contributed by atoms with Crippen LogP contribution in [0.25, 0.3) is 5.78 Å². The monoisotopic (exact) mass is 321 g/mol. The van der Waals surface area contributed by atoms with Crippen LogP contribution >= 0.6 is 0 Å². The fraction of sp³-hybridized carbons (Fsp3) is 0.176. The fourth-order valence-corrected chi connectivity index (χ4v) is 2.91. The summed E-state index contributed by atoms with van der Waals surface area (Å²) in [5.41, 5.74) is 1.33. The lowest BCUT2D eigenvalue weighted by Crippen LogP contribution is -2.33. The summed E-state index contributed by atoms with van der Waals surface area (Å²) in [5, 5.41) is 0. The van der Waals surface area contributed by atoms with Gasteiger partial charge in [-0.2, -0.15) is 0 Å². The van der Waals surface area contributed by atoms with Gasteiger partial charge in [0.25, 0.3) is 5.91 Å². The number of nitrogens with zero attached hydrogens (tertiary/aromatic N) is 5. The molecule has 0 unspecified atom stereocenters.